The SMILES string of the molecule is CCOc1ccc(C(=O)NN=Cc2ccc(C)cc2)cc1. The van der Waals surface area contributed by atoms with Crippen molar-refractivity contribution in [2.24, 2.45) is 5.10 Å². The maximum Gasteiger partial charge on any atom is 0.271 e. The Morgan fingerprint density at radius 1 is 1.14 bits per heavy atom. The van der Waals surface area contributed by atoms with Crippen molar-refractivity contribution in [3.63, 3.8) is 0 Å². The maximum absolute atomic E-state index is 11.9. The van der Waals surface area contributed by atoms with Crippen LogP contribution in [0.3, 0.4) is 0 Å². The second kappa shape index (κ2) is 7.24. The molecule has 0 bridgehead atoms. The molecule has 2 aromatic carbocycles. The summed E-state index contributed by atoms with van der Waals surface area (Å²) in [6.45, 7) is 4.54. The second-order valence-corrected chi connectivity index (χ2v) is 4.57. The highest BCUT2D eigenvalue weighted by Gasteiger charge is 2.03. The molecule has 0 aliphatic heterocycles. The summed E-state index contributed by atoms with van der Waals surface area (Å²) in [7, 11) is 0. The molecule has 4 nitrogen and oxygen atoms in total. The largest absolute Gasteiger partial charge is 0.494 e. The number of rotatable bonds is 5. The molecule has 0 fully saturated rings. The maximum atomic E-state index is 11.9. The number of nitrogens with zero attached hydrogens (tertiary/aromatic N) is 1. The molecule has 0 aromatic heterocycles. The van der Waals surface area contributed by atoms with Crippen molar-refractivity contribution in [3.8, 4) is 5.75 Å². The molecule has 0 aliphatic carbocycles. The summed E-state index contributed by atoms with van der Waals surface area (Å²) in [6, 6.07) is 14.8. The summed E-state index contributed by atoms with van der Waals surface area (Å²) in [5, 5.41) is 3.95. The summed E-state index contributed by atoms with van der Waals surface area (Å²) in [5.41, 5.74) is 5.17. The van der Waals surface area contributed by atoms with Crippen LogP contribution in [-0.4, -0.2) is 18.7 Å². The van der Waals surface area contributed by atoms with Crippen molar-refractivity contribution in [1.82, 2.24) is 5.43 Å². The van der Waals surface area contributed by atoms with Crippen LogP contribution in [0.2, 0.25) is 0 Å². The topological polar surface area (TPSA) is 50.7 Å². The fourth-order valence-corrected chi connectivity index (χ4v) is 1.75. The number of aryl methyl sites for hydroxylation is 1. The van der Waals surface area contributed by atoms with Crippen molar-refractivity contribution in [2.45, 2.75) is 13.8 Å². The van der Waals surface area contributed by atoms with Gasteiger partial charge >= 0.3 is 0 Å². The Morgan fingerprint density at radius 2 is 1.81 bits per heavy atom. The number of ether oxygens (including phenoxy) is 1. The predicted octanol–water partition coefficient (Wildman–Crippen LogP) is 3.16. The predicted molar refractivity (Wildman–Crippen MR) is 83.9 cm³/mol. The third-order valence-electron chi connectivity index (χ3n) is 2.88. The van der Waals surface area contributed by atoms with Gasteiger partial charge in [0.25, 0.3) is 5.91 Å². The van der Waals surface area contributed by atoms with Crippen LogP contribution in [0.5, 0.6) is 5.75 Å². The van der Waals surface area contributed by atoms with E-state index in [1.807, 2.05) is 38.1 Å². The van der Waals surface area contributed by atoms with Crippen LogP contribution in [-0.2, 0) is 0 Å². The average molecular weight is 282 g/mol. The molecule has 2 rings (SSSR count). The average Bonchev–Trinajstić information content (AvgIpc) is 2.50. The number of benzene rings is 2. The molecule has 21 heavy (non-hydrogen) atoms. The number of carbonyl (C=O) groups excluding carboxylic acids is 1. The Labute approximate surface area is 124 Å². The lowest BCUT2D eigenvalue weighted by molar-refractivity contribution is 0.0955. The van der Waals surface area contributed by atoms with Gasteiger partial charge in [0.2, 0.25) is 0 Å². The van der Waals surface area contributed by atoms with Gasteiger partial charge in [0, 0.05) is 5.56 Å². The first-order valence-corrected chi connectivity index (χ1v) is 6.82. The van der Waals surface area contributed by atoms with Gasteiger partial charge in [-0.25, -0.2) is 5.43 Å². The summed E-state index contributed by atoms with van der Waals surface area (Å²) in [4.78, 5) is 11.9. The minimum Gasteiger partial charge on any atom is -0.494 e. The summed E-state index contributed by atoms with van der Waals surface area (Å²) in [6.07, 6.45) is 1.62. The fourth-order valence-electron chi connectivity index (χ4n) is 1.75. The van der Waals surface area contributed by atoms with Crippen LogP contribution in [0.25, 0.3) is 0 Å². The molecule has 108 valence electrons. The molecule has 0 heterocycles. The smallest absolute Gasteiger partial charge is 0.271 e. The first-order chi connectivity index (χ1) is 10.2. The highest BCUT2D eigenvalue weighted by Crippen LogP contribution is 2.11. The lowest BCUT2D eigenvalue weighted by atomic mass is 10.2. The van der Waals surface area contributed by atoms with Gasteiger partial charge < -0.3 is 4.74 Å². The molecule has 0 aliphatic rings. The van der Waals surface area contributed by atoms with Gasteiger partial charge in [0.15, 0.2) is 0 Å². The zero-order valence-corrected chi connectivity index (χ0v) is 12.2. The molecule has 0 saturated heterocycles. The van der Waals surface area contributed by atoms with Crippen LogP contribution in [0, 0.1) is 6.92 Å². The number of hydrazone groups is 1. The first-order valence-electron chi connectivity index (χ1n) is 6.82. The quantitative estimate of drug-likeness (QED) is 0.676. The Kier molecular flexibility index (Phi) is 5.10. The van der Waals surface area contributed by atoms with Crippen molar-refractivity contribution in [1.29, 1.82) is 0 Å². The molecule has 1 N–H and O–H groups in total. The lowest BCUT2D eigenvalue weighted by Gasteiger charge is -2.04. The van der Waals surface area contributed by atoms with E-state index in [0.717, 1.165) is 11.3 Å². The van der Waals surface area contributed by atoms with Gasteiger partial charge in [-0.3, -0.25) is 4.79 Å². The molecule has 0 atom stereocenters. The highest BCUT2D eigenvalue weighted by molar-refractivity contribution is 5.94. The third kappa shape index (κ3) is 4.45. The lowest BCUT2D eigenvalue weighted by Crippen LogP contribution is -2.17. The van der Waals surface area contributed by atoms with Crippen LogP contribution >= 0.6 is 0 Å². The minimum atomic E-state index is -0.249. The van der Waals surface area contributed by atoms with Gasteiger partial charge in [-0.05, 0) is 43.7 Å². The van der Waals surface area contributed by atoms with E-state index in [2.05, 4.69) is 10.5 Å². The zero-order valence-electron chi connectivity index (χ0n) is 12.2. The summed E-state index contributed by atoms with van der Waals surface area (Å²) >= 11 is 0. The number of nitrogens with one attached hydrogen (secondary N) is 1. The second-order valence-electron chi connectivity index (χ2n) is 4.57. The van der Waals surface area contributed by atoms with E-state index >= 15 is 0 Å². The molecule has 2 aromatic rings. The van der Waals surface area contributed by atoms with E-state index in [9.17, 15) is 4.79 Å². The number of amides is 1. The van der Waals surface area contributed by atoms with Gasteiger partial charge in [-0.15, -0.1) is 0 Å². The van der Waals surface area contributed by atoms with Crippen LogP contribution in [0.15, 0.2) is 53.6 Å². The van der Waals surface area contributed by atoms with E-state index < -0.39 is 0 Å². The fraction of sp³-hybridized carbons (Fsp3) is 0.176. The van der Waals surface area contributed by atoms with Crippen LogP contribution < -0.4 is 10.2 Å². The summed E-state index contributed by atoms with van der Waals surface area (Å²) < 4.78 is 5.33. The minimum absolute atomic E-state index is 0.249. The molecule has 0 unspecified atom stereocenters. The van der Waals surface area contributed by atoms with Crippen molar-refractivity contribution < 1.29 is 9.53 Å². The van der Waals surface area contributed by atoms with Gasteiger partial charge in [0.1, 0.15) is 5.75 Å². The standard InChI is InChI=1S/C17H18N2O2/c1-3-21-16-10-8-15(9-11-16)17(20)19-18-12-14-6-4-13(2)5-7-14/h4-12H,3H2,1-2H3,(H,19,20). The monoisotopic (exact) mass is 282 g/mol. The number of hydrogen-bond donors (Lipinski definition) is 1. The van der Waals surface area contributed by atoms with Crippen molar-refractivity contribution in [2.75, 3.05) is 6.61 Å². The molecule has 0 radical (unpaired) electrons. The van der Waals surface area contributed by atoms with Gasteiger partial charge in [-0.2, -0.15) is 5.10 Å². The van der Waals surface area contributed by atoms with Gasteiger partial charge in [0.05, 0.1) is 12.8 Å². The highest BCUT2D eigenvalue weighted by atomic mass is 16.5. The first kappa shape index (κ1) is 14.8. The molecule has 0 saturated carbocycles. The molecule has 0 spiro atoms. The van der Waals surface area contributed by atoms with Gasteiger partial charge in [-0.1, -0.05) is 29.8 Å². The molecular formula is C17H18N2O2. The van der Waals surface area contributed by atoms with Crippen molar-refractivity contribution in [3.05, 3.63) is 65.2 Å². The zero-order chi connectivity index (χ0) is 15.1. The van der Waals surface area contributed by atoms with Crippen molar-refractivity contribution >= 4 is 12.1 Å². The number of hydrogen-bond acceptors (Lipinski definition) is 3. The Hall–Kier alpha value is -2.62. The van der Waals surface area contributed by atoms with Crippen LogP contribution in [0.4, 0.5) is 0 Å². The van der Waals surface area contributed by atoms with E-state index in [0.29, 0.717) is 12.2 Å². The normalized spacial score (nSPS) is 10.6. The van der Waals surface area contributed by atoms with E-state index in [4.69, 9.17) is 4.74 Å². The van der Waals surface area contributed by atoms with E-state index in [-0.39, 0.29) is 5.91 Å². The Balaban J connectivity index is 1.93. The molecule has 1 amide bonds. The molecule has 4 heteroatoms. The Morgan fingerprint density at radius 3 is 2.43 bits per heavy atom. The van der Waals surface area contributed by atoms with E-state index in [1.165, 1.54) is 5.56 Å². The Bertz CT molecular complexity index is 616. The number of carbonyl (C=O) groups is 1. The summed E-state index contributed by atoms with van der Waals surface area (Å²) in [5.74, 6) is 0.499. The van der Waals surface area contributed by atoms with Crippen LogP contribution in [0.1, 0.15) is 28.4 Å². The molecular weight excluding hydrogens is 264 g/mol. The third-order valence-corrected chi connectivity index (χ3v) is 2.88. The van der Waals surface area contributed by atoms with E-state index in [1.54, 1.807) is 30.5 Å².